The van der Waals surface area contributed by atoms with Gasteiger partial charge in [-0.2, -0.15) is 15.2 Å². The Morgan fingerprint density at radius 2 is 1.64 bits per heavy atom. The van der Waals surface area contributed by atoms with Gasteiger partial charge in [0.25, 0.3) is 5.56 Å². The number of fused-ring (bicyclic) bond motifs is 2. The lowest BCUT2D eigenvalue weighted by Crippen LogP contribution is -2.55. The first-order chi connectivity index (χ1) is 26.9. The second-order valence-electron chi connectivity index (χ2n) is 14.2. The maximum Gasteiger partial charge on any atom is 0.410 e. The first kappa shape index (κ1) is 35.7. The summed E-state index contributed by atoms with van der Waals surface area (Å²) in [5, 5.41) is 11.8. The van der Waals surface area contributed by atoms with Gasteiger partial charge in [0, 0.05) is 36.6 Å². The fraction of sp³-hybridized carbons (Fsp3) is 0.302. The number of anilines is 1. The van der Waals surface area contributed by atoms with Crippen LogP contribution in [0.15, 0.2) is 102 Å². The van der Waals surface area contributed by atoms with Crippen molar-refractivity contribution in [1.82, 2.24) is 29.3 Å². The minimum Gasteiger partial charge on any atom is -0.462 e. The van der Waals surface area contributed by atoms with Crippen LogP contribution in [-0.4, -0.2) is 87.3 Å². The number of nitriles is 1. The maximum atomic E-state index is 15.1. The molecule has 2 fully saturated rings. The van der Waals surface area contributed by atoms with E-state index in [9.17, 15) is 10.1 Å². The van der Waals surface area contributed by atoms with Gasteiger partial charge in [-0.05, 0) is 55.9 Å². The zero-order valence-electron chi connectivity index (χ0n) is 31.0. The van der Waals surface area contributed by atoms with Gasteiger partial charge in [0.05, 0.1) is 24.2 Å². The quantitative estimate of drug-likeness (QED) is 0.162. The highest BCUT2D eigenvalue weighted by molar-refractivity contribution is 5.95. The Labute approximate surface area is 319 Å². The SMILES string of the molecule is Cc1cccc2cccc(-n3c(-c4ccccc4)nc4c(N5CCN(C(=O)OCc6ccccc6)[C@@H](CC#N)C5)nc(OCC5CCCN5C)nc4c3=O)c12. The number of carbonyl (C=O) groups is 1. The summed E-state index contributed by atoms with van der Waals surface area (Å²) in [7, 11) is 2.08. The summed E-state index contributed by atoms with van der Waals surface area (Å²) in [5.41, 5.74) is 3.42. The second kappa shape index (κ2) is 15.6. The summed E-state index contributed by atoms with van der Waals surface area (Å²) in [6, 6.07) is 33.1. The van der Waals surface area contributed by atoms with Gasteiger partial charge in [-0.3, -0.25) is 9.36 Å². The van der Waals surface area contributed by atoms with Crippen molar-refractivity contribution in [2.45, 2.75) is 44.9 Å². The van der Waals surface area contributed by atoms with Crippen molar-refractivity contribution in [3.05, 3.63) is 119 Å². The Balaban J connectivity index is 1.25. The molecule has 2 aliphatic heterocycles. The van der Waals surface area contributed by atoms with Gasteiger partial charge in [-0.1, -0.05) is 91.0 Å². The number of ether oxygens (including phenoxy) is 2. The van der Waals surface area contributed by atoms with Crippen LogP contribution in [0.3, 0.4) is 0 Å². The molecule has 0 saturated carbocycles. The number of rotatable bonds is 9. The molecular formula is C43H42N8O4. The summed E-state index contributed by atoms with van der Waals surface area (Å²) < 4.78 is 13.7. The molecule has 0 spiro atoms. The largest absolute Gasteiger partial charge is 0.462 e. The van der Waals surface area contributed by atoms with E-state index in [0.29, 0.717) is 36.0 Å². The van der Waals surface area contributed by atoms with Crippen molar-refractivity contribution in [3.63, 3.8) is 0 Å². The van der Waals surface area contributed by atoms with Crippen LogP contribution in [0.2, 0.25) is 0 Å². The molecular weight excluding hydrogens is 693 g/mol. The fourth-order valence-electron chi connectivity index (χ4n) is 7.75. The van der Waals surface area contributed by atoms with Crippen LogP contribution in [0.25, 0.3) is 38.9 Å². The molecule has 278 valence electrons. The smallest absolute Gasteiger partial charge is 0.410 e. The lowest BCUT2D eigenvalue weighted by atomic mass is 10.0. The average Bonchev–Trinajstić information content (AvgIpc) is 3.63. The first-order valence-electron chi connectivity index (χ1n) is 18.7. The highest BCUT2D eigenvalue weighted by atomic mass is 16.6. The van der Waals surface area contributed by atoms with E-state index in [-0.39, 0.29) is 49.2 Å². The number of hydrogen-bond acceptors (Lipinski definition) is 10. The number of carbonyl (C=O) groups excluding carboxylic acids is 1. The lowest BCUT2D eigenvalue weighted by molar-refractivity contribution is 0.0768. The van der Waals surface area contributed by atoms with Crippen molar-refractivity contribution < 1.29 is 14.3 Å². The topological polar surface area (TPSA) is 130 Å². The minimum absolute atomic E-state index is 0.0766. The Morgan fingerprint density at radius 3 is 2.38 bits per heavy atom. The van der Waals surface area contributed by atoms with E-state index >= 15 is 4.79 Å². The number of hydrogen-bond donors (Lipinski definition) is 0. The molecule has 0 N–H and O–H groups in total. The predicted molar refractivity (Wildman–Crippen MR) is 211 cm³/mol. The Hall–Kier alpha value is -6.32. The monoisotopic (exact) mass is 734 g/mol. The number of likely N-dealkylation sites (N-methyl/N-ethyl adjacent to an activating group) is 1. The molecule has 12 heteroatoms. The van der Waals surface area contributed by atoms with Crippen molar-refractivity contribution in [1.29, 1.82) is 5.26 Å². The summed E-state index contributed by atoms with van der Waals surface area (Å²) in [5.74, 6) is 0.854. The highest BCUT2D eigenvalue weighted by Gasteiger charge is 2.34. The van der Waals surface area contributed by atoms with E-state index in [0.717, 1.165) is 46.8 Å². The van der Waals surface area contributed by atoms with Crippen LogP contribution in [0.4, 0.5) is 10.6 Å². The molecule has 55 heavy (non-hydrogen) atoms. The molecule has 4 heterocycles. The van der Waals surface area contributed by atoms with Gasteiger partial charge >= 0.3 is 12.1 Å². The van der Waals surface area contributed by atoms with Gasteiger partial charge in [0.15, 0.2) is 11.3 Å². The standard InChI is InChI=1S/C43H42N8O4/c1-29-12-9-17-31-18-10-20-35(36(29)31)51-39(32-15-7-4-8-16-32)45-37-38(41(51)52)46-42(54-28-34-19-11-23-48(34)2)47-40(37)49-24-25-50(33(26-49)21-22-44)43(53)55-27-30-13-5-3-6-14-30/h3-10,12-18,20,33-34H,11,19,21,23-28H2,1-2H3/t33-,34?/m0/s1. The zero-order valence-corrected chi connectivity index (χ0v) is 31.0. The van der Waals surface area contributed by atoms with E-state index in [1.54, 1.807) is 9.47 Å². The van der Waals surface area contributed by atoms with Crippen molar-refractivity contribution in [3.8, 4) is 29.2 Å². The van der Waals surface area contributed by atoms with E-state index in [1.807, 2.05) is 109 Å². The molecule has 2 atom stereocenters. The highest BCUT2D eigenvalue weighted by Crippen LogP contribution is 2.33. The normalized spacial score (nSPS) is 17.4. The molecule has 2 aliphatic rings. The number of likely N-dealkylation sites (tertiary alicyclic amines) is 1. The van der Waals surface area contributed by atoms with Crippen LogP contribution >= 0.6 is 0 Å². The summed E-state index contributed by atoms with van der Waals surface area (Å²) in [4.78, 5) is 49.3. The van der Waals surface area contributed by atoms with E-state index in [1.165, 1.54) is 0 Å². The predicted octanol–water partition coefficient (Wildman–Crippen LogP) is 6.52. The number of benzene rings is 4. The molecule has 0 bridgehead atoms. The number of nitrogens with zero attached hydrogens (tertiary/aromatic N) is 8. The Kier molecular flexibility index (Phi) is 10.1. The van der Waals surface area contributed by atoms with Gasteiger partial charge in [-0.25, -0.2) is 9.78 Å². The molecule has 8 rings (SSSR count). The summed E-state index contributed by atoms with van der Waals surface area (Å²) >= 11 is 0. The Morgan fingerprint density at radius 1 is 0.873 bits per heavy atom. The Bertz CT molecular complexity index is 2440. The van der Waals surface area contributed by atoms with Crippen molar-refractivity contribution in [2.24, 2.45) is 0 Å². The van der Waals surface area contributed by atoms with Crippen LogP contribution in [0, 0.1) is 18.3 Å². The number of piperazine rings is 1. The summed E-state index contributed by atoms with van der Waals surface area (Å²) in [6.07, 6.45) is 1.66. The van der Waals surface area contributed by atoms with Crippen LogP contribution in [0.5, 0.6) is 6.01 Å². The van der Waals surface area contributed by atoms with Crippen LogP contribution in [0.1, 0.15) is 30.4 Å². The van der Waals surface area contributed by atoms with Gasteiger partial charge in [0.2, 0.25) is 0 Å². The maximum absolute atomic E-state index is 15.1. The number of amides is 1. The second-order valence-corrected chi connectivity index (χ2v) is 14.2. The molecule has 6 aromatic rings. The molecule has 0 aliphatic carbocycles. The summed E-state index contributed by atoms with van der Waals surface area (Å²) in [6.45, 7) is 4.40. The minimum atomic E-state index is -0.504. The first-order valence-corrected chi connectivity index (χ1v) is 18.7. The molecule has 1 amide bonds. The van der Waals surface area contributed by atoms with Crippen molar-refractivity contribution >= 4 is 33.7 Å². The van der Waals surface area contributed by atoms with Crippen molar-refractivity contribution in [2.75, 3.05) is 44.7 Å². The van der Waals surface area contributed by atoms with Crippen LogP contribution < -0.4 is 15.2 Å². The molecule has 2 saturated heterocycles. The average molecular weight is 735 g/mol. The van der Waals surface area contributed by atoms with Gasteiger partial charge in [-0.15, -0.1) is 0 Å². The molecule has 2 aromatic heterocycles. The van der Waals surface area contributed by atoms with Crippen LogP contribution in [-0.2, 0) is 11.3 Å². The number of aryl methyl sites for hydroxylation is 1. The lowest BCUT2D eigenvalue weighted by Gasteiger charge is -2.40. The third-order valence-corrected chi connectivity index (χ3v) is 10.7. The van der Waals surface area contributed by atoms with E-state index < -0.39 is 12.1 Å². The molecule has 0 radical (unpaired) electrons. The van der Waals surface area contributed by atoms with E-state index in [2.05, 4.69) is 18.0 Å². The van der Waals surface area contributed by atoms with Gasteiger partial charge < -0.3 is 24.2 Å². The zero-order chi connectivity index (χ0) is 37.9. The third-order valence-electron chi connectivity index (χ3n) is 10.7. The molecule has 4 aromatic carbocycles. The van der Waals surface area contributed by atoms with E-state index in [4.69, 9.17) is 24.4 Å². The molecule has 1 unspecified atom stereocenters. The molecule has 12 nitrogen and oxygen atoms in total. The number of aromatic nitrogens is 4. The third kappa shape index (κ3) is 7.18. The van der Waals surface area contributed by atoms with Gasteiger partial charge in [0.1, 0.15) is 24.6 Å². The fourth-order valence-corrected chi connectivity index (χ4v) is 7.75.